The quantitative estimate of drug-likeness (QED) is 0.338. The molecule has 0 bridgehead atoms. The molecule has 0 aliphatic carbocycles. The Bertz CT molecular complexity index is 857. The molecule has 3 rings (SSSR count). The molecular weight excluding hydrogens is 523 g/mol. The van der Waals surface area contributed by atoms with Gasteiger partial charge < -0.3 is 10.2 Å². The lowest BCUT2D eigenvalue weighted by Gasteiger charge is -2.39. The third-order valence-corrected chi connectivity index (χ3v) is 8.86. The van der Waals surface area contributed by atoms with Crippen molar-refractivity contribution >= 4 is 39.8 Å². The number of hydrogen-bond acceptors (Lipinski definition) is 4. The Balaban J connectivity index is 0.00000341. The van der Waals surface area contributed by atoms with E-state index in [1.807, 2.05) is 20.8 Å². The number of nitrogens with zero attached hydrogens (tertiary/aromatic N) is 3. The lowest BCUT2D eigenvalue weighted by Crippen LogP contribution is -2.57. The number of sulfone groups is 1. The van der Waals surface area contributed by atoms with Crippen molar-refractivity contribution in [2.24, 2.45) is 10.9 Å². The fraction of sp³-hybridized carbons (Fsp3) is 0.696. The van der Waals surface area contributed by atoms with Crippen LogP contribution in [0.1, 0.15) is 51.7 Å². The van der Waals surface area contributed by atoms with Gasteiger partial charge >= 0.3 is 0 Å². The molecule has 2 saturated heterocycles. The highest BCUT2D eigenvalue weighted by Crippen LogP contribution is 2.24. The van der Waals surface area contributed by atoms with E-state index in [1.54, 1.807) is 0 Å². The van der Waals surface area contributed by atoms with Crippen molar-refractivity contribution in [3.63, 3.8) is 0 Å². The van der Waals surface area contributed by atoms with E-state index in [4.69, 9.17) is 4.99 Å². The van der Waals surface area contributed by atoms with E-state index in [1.165, 1.54) is 30.5 Å². The van der Waals surface area contributed by atoms with E-state index in [-0.39, 0.29) is 29.7 Å². The molecule has 1 unspecified atom stereocenters. The molecule has 1 atom stereocenters. The van der Waals surface area contributed by atoms with E-state index in [2.05, 4.69) is 46.3 Å². The van der Waals surface area contributed by atoms with Crippen molar-refractivity contribution in [1.82, 2.24) is 15.1 Å². The Morgan fingerprint density at radius 3 is 2.58 bits per heavy atom. The minimum atomic E-state index is -3.07. The molecule has 0 spiro atoms. The Kier molecular flexibility index (Phi) is 9.63. The Morgan fingerprint density at radius 1 is 1.23 bits per heavy atom. The van der Waals surface area contributed by atoms with Crippen LogP contribution in [-0.4, -0.2) is 67.4 Å². The van der Waals surface area contributed by atoms with Crippen molar-refractivity contribution < 1.29 is 8.42 Å². The van der Waals surface area contributed by atoms with Gasteiger partial charge in [-0.15, -0.1) is 24.0 Å². The van der Waals surface area contributed by atoms with E-state index in [0.29, 0.717) is 19.6 Å². The summed E-state index contributed by atoms with van der Waals surface area (Å²) in [6, 6.07) is 8.57. The third-order valence-electron chi connectivity index (χ3n) is 6.33. The van der Waals surface area contributed by atoms with Crippen LogP contribution in [0.15, 0.2) is 29.3 Å². The molecule has 2 fully saturated rings. The number of guanidine groups is 1. The SMILES string of the molecule is CCNC(=NCc1ccccc1CN1CCCC(C)C1)N1CCS(=O)(=O)C(C)(C)C1.I. The number of rotatable bonds is 5. The molecule has 31 heavy (non-hydrogen) atoms. The largest absolute Gasteiger partial charge is 0.357 e. The number of likely N-dealkylation sites (tertiary alicyclic amines) is 1. The van der Waals surface area contributed by atoms with Crippen LogP contribution in [0.25, 0.3) is 0 Å². The number of piperidine rings is 1. The molecule has 1 aromatic rings. The summed E-state index contributed by atoms with van der Waals surface area (Å²) >= 11 is 0. The number of halogens is 1. The van der Waals surface area contributed by atoms with Crippen LogP contribution in [-0.2, 0) is 22.9 Å². The molecule has 2 aliphatic heterocycles. The monoisotopic (exact) mass is 562 g/mol. The zero-order valence-corrected chi connectivity index (χ0v) is 22.6. The first-order valence-electron chi connectivity index (χ1n) is 11.3. The Hall–Kier alpha value is -0.870. The minimum Gasteiger partial charge on any atom is -0.357 e. The molecule has 0 amide bonds. The van der Waals surface area contributed by atoms with Crippen molar-refractivity contribution in [2.75, 3.05) is 38.5 Å². The molecule has 6 nitrogen and oxygen atoms in total. The summed E-state index contributed by atoms with van der Waals surface area (Å²) in [5, 5.41) is 3.37. The van der Waals surface area contributed by atoms with E-state index in [9.17, 15) is 8.42 Å². The average Bonchev–Trinajstić information content (AvgIpc) is 2.68. The van der Waals surface area contributed by atoms with Crippen molar-refractivity contribution in [2.45, 2.75) is 58.4 Å². The summed E-state index contributed by atoms with van der Waals surface area (Å²) in [7, 11) is -3.07. The number of hydrogen-bond donors (Lipinski definition) is 1. The second kappa shape index (κ2) is 11.3. The summed E-state index contributed by atoms with van der Waals surface area (Å²) in [6.07, 6.45) is 2.61. The van der Waals surface area contributed by atoms with Crippen LogP contribution >= 0.6 is 24.0 Å². The zero-order valence-electron chi connectivity index (χ0n) is 19.4. The molecular formula is C23H39IN4O2S. The van der Waals surface area contributed by atoms with Crippen LogP contribution in [0, 0.1) is 5.92 Å². The molecule has 0 aromatic heterocycles. The fourth-order valence-corrected chi connectivity index (χ4v) is 5.81. The smallest absolute Gasteiger partial charge is 0.194 e. The maximum atomic E-state index is 12.4. The predicted octanol–water partition coefficient (Wildman–Crippen LogP) is 3.51. The average molecular weight is 563 g/mol. The van der Waals surface area contributed by atoms with Gasteiger partial charge in [0.05, 0.1) is 17.0 Å². The Labute approximate surface area is 205 Å². The second-order valence-corrected chi connectivity index (χ2v) is 12.2. The summed E-state index contributed by atoms with van der Waals surface area (Å²) in [5.41, 5.74) is 2.59. The molecule has 0 radical (unpaired) electrons. The van der Waals surface area contributed by atoms with Gasteiger partial charge in [0.25, 0.3) is 0 Å². The van der Waals surface area contributed by atoms with Crippen LogP contribution < -0.4 is 5.32 Å². The second-order valence-electron chi connectivity index (χ2n) is 9.42. The maximum Gasteiger partial charge on any atom is 0.194 e. The van der Waals surface area contributed by atoms with E-state index in [0.717, 1.165) is 31.5 Å². The summed E-state index contributed by atoms with van der Waals surface area (Å²) < 4.78 is 24.0. The molecule has 2 aliphatic rings. The number of nitrogens with one attached hydrogen (secondary N) is 1. The molecule has 0 saturated carbocycles. The van der Waals surface area contributed by atoms with Crippen molar-refractivity contribution in [1.29, 1.82) is 0 Å². The Morgan fingerprint density at radius 2 is 1.94 bits per heavy atom. The highest BCUT2D eigenvalue weighted by Gasteiger charge is 2.41. The number of aliphatic imine (C=N–C) groups is 1. The molecule has 176 valence electrons. The number of benzene rings is 1. The topological polar surface area (TPSA) is 65.0 Å². The zero-order chi connectivity index (χ0) is 21.8. The van der Waals surface area contributed by atoms with Gasteiger partial charge in [-0.05, 0) is 57.2 Å². The minimum absolute atomic E-state index is 0. The lowest BCUT2D eigenvalue weighted by molar-refractivity contribution is 0.176. The lowest BCUT2D eigenvalue weighted by atomic mass is 9.99. The standard InChI is InChI=1S/C23H38N4O2S.HI/c1-5-24-22(27-13-14-30(28,29)23(3,4)18-27)25-15-20-10-6-7-11-21(20)17-26-12-8-9-19(2)16-26;/h6-7,10-11,19H,5,8-9,12-18H2,1-4H3,(H,24,25);1H. The van der Waals surface area contributed by atoms with E-state index < -0.39 is 14.6 Å². The third kappa shape index (κ3) is 6.81. The first-order valence-corrected chi connectivity index (χ1v) is 12.9. The van der Waals surface area contributed by atoms with Gasteiger partial charge in [0.1, 0.15) is 0 Å². The van der Waals surface area contributed by atoms with Crippen LogP contribution in [0.4, 0.5) is 0 Å². The van der Waals surface area contributed by atoms with Crippen LogP contribution in [0.5, 0.6) is 0 Å². The summed E-state index contributed by atoms with van der Waals surface area (Å²) in [6.45, 7) is 13.6. The van der Waals surface area contributed by atoms with Gasteiger partial charge in [0, 0.05) is 32.7 Å². The van der Waals surface area contributed by atoms with Crippen LogP contribution in [0.2, 0.25) is 0 Å². The van der Waals surface area contributed by atoms with Gasteiger partial charge in [-0.3, -0.25) is 4.90 Å². The normalized spacial score (nSPS) is 23.8. The van der Waals surface area contributed by atoms with Gasteiger partial charge in [-0.2, -0.15) is 0 Å². The van der Waals surface area contributed by atoms with Gasteiger partial charge in [0.2, 0.25) is 0 Å². The van der Waals surface area contributed by atoms with Crippen LogP contribution in [0.3, 0.4) is 0 Å². The predicted molar refractivity (Wildman–Crippen MR) is 140 cm³/mol. The van der Waals surface area contributed by atoms with E-state index >= 15 is 0 Å². The van der Waals surface area contributed by atoms with Gasteiger partial charge in [-0.25, -0.2) is 13.4 Å². The van der Waals surface area contributed by atoms with Gasteiger partial charge in [-0.1, -0.05) is 31.2 Å². The van der Waals surface area contributed by atoms with Crippen molar-refractivity contribution in [3.8, 4) is 0 Å². The first kappa shape index (κ1) is 26.4. The first-order chi connectivity index (χ1) is 14.2. The highest BCUT2D eigenvalue weighted by molar-refractivity contribution is 14.0. The van der Waals surface area contributed by atoms with Crippen molar-refractivity contribution in [3.05, 3.63) is 35.4 Å². The molecule has 1 aromatic carbocycles. The fourth-order valence-electron chi connectivity index (χ4n) is 4.45. The molecule has 2 heterocycles. The summed E-state index contributed by atoms with van der Waals surface area (Å²) in [5.74, 6) is 1.75. The summed E-state index contributed by atoms with van der Waals surface area (Å²) in [4.78, 5) is 9.56. The van der Waals surface area contributed by atoms with Gasteiger partial charge in [0.15, 0.2) is 15.8 Å². The molecule has 1 N–H and O–H groups in total. The maximum absolute atomic E-state index is 12.4. The highest BCUT2D eigenvalue weighted by atomic mass is 127. The molecule has 8 heteroatoms.